The molecule has 0 fully saturated rings. The molecule has 1 N–H and O–H groups in total. The molecular formula is C12H16O4. The van der Waals surface area contributed by atoms with Gasteiger partial charge in [-0.15, -0.1) is 0 Å². The first-order chi connectivity index (χ1) is 7.47. The SMILES string of the molecule is COc1c(OC(C)C)ccc(C)c1C(=O)O. The Labute approximate surface area is 94.8 Å². The van der Waals surface area contributed by atoms with Gasteiger partial charge >= 0.3 is 5.97 Å². The monoisotopic (exact) mass is 224 g/mol. The van der Waals surface area contributed by atoms with Gasteiger partial charge < -0.3 is 14.6 Å². The van der Waals surface area contributed by atoms with Gasteiger partial charge in [-0.05, 0) is 32.4 Å². The predicted octanol–water partition coefficient (Wildman–Crippen LogP) is 2.49. The van der Waals surface area contributed by atoms with Gasteiger partial charge in [-0.2, -0.15) is 0 Å². The topological polar surface area (TPSA) is 55.8 Å². The lowest BCUT2D eigenvalue weighted by Gasteiger charge is -2.16. The summed E-state index contributed by atoms with van der Waals surface area (Å²) in [6.45, 7) is 5.48. The summed E-state index contributed by atoms with van der Waals surface area (Å²) < 4.78 is 10.6. The van der Waals surface area contributed by atoms with Crippen LogP contribution in [0.25, 0.3) is 0 Å². The van der Waals surface area contributed by atoms with Crippen LogP contribution in [0.3, 0.4) is 0 Å². The molecule has 0 aliphatic carbocycles. The number of hydrogen-bond donors (Lipinski definition) is 1. The smallest absolute Gasteiger partial charge is 0.339 e. The standard InChI is InChI=1S/C12H16O4/c1-7(2)16-9-6-5-8(3)10(12(13)14)11(9)15-4/h5-7H,1-4H3,(H,13,14). The maximum absolute atomic E-state index is 11.1. The molecule has 0 saturated heterocycles. The van der Waals surface area contributed by atoms with Crippen molar-refractivity contribution in [1.29, 1.82) is 0 Å². The summed E-state index contributed by atoms with van der Waals surface area (Å²) in [5.41, 5.74) is 0.807. The molecule has 4 nitrogen and oxygen atoms in total. The third-order valence-electron chi connectivity index (χ3n) is 2.11. The normalized spacial score (nSPS) is 10.3. The molecule has 16 heavy (non-hydrogen) atoms. The molecule has 0 saturated carbocycles. The number of benzene rings is 1. The van der Waals surface area contributed by atoms with Crippen molar-refractivity contribution in [3.63, 3.8) is 0 Å². The van der Waals surface area contributed by atoms with E-state index in [9.17, 15) is 4.79 Å². The molecule has 1 rings (SSSR count). The fraction of sp³-hybridized carbons (Fsp3) is 0.417. The lowest BCUT2D eigenvalue weighted by molar-refractivity contribution is 0.0691. The molecule has 0 heterocycles. The molecule has 88 valence electrons. The molecule has 0 aliphatic rings. The first-order valence-corrected chi connectivity index (χ1v) is 5.05. The van der Waals surface area contributed by atoms with Crippen LogP contribution in [0.2, 0.25) is 0 Å². The van der Waals surface area contributed by atoms with E-state index in [1.807, 2.05) is 13.8 Å². The van der Waals surface area contributed by atoms with Gasteiger partial charge in [-0.1, -0.05) is 6.07 Å². The van der Waals surface area contributed by atoms with E-state index in [4.69, 9.17) is 14.6 Å². The van der Waals surface area contributed by atoms with Crippen molar-refractivity contribution < 1.29 is 19.4 Å². The van der Waals surface area contributed by atoms with E-state index in [0.29, 0.717) is 11.3 Å². The van der Waals surface area contributed by atoms with E-state index in [2.05, 4.69) is 0 Å². The Kier molecular flexibility index (Phi) is 3.77. The quantitative estimate of drug-likeness (QED) is 0.853. The van der Waals surface area contributed by atoms with Crippen LogP contribution in [0.1, 0.15) is 29.8 Å². The Balaban J connectivity index is 3.31. The van der Waals surface area contributed by atoms with Crippen molar-refractivity contribution in [2.24, 2.45) is 0 Å². The average molecular weight is 224 g/mol. The Hall–Kier alpha value is -1.71. The van der Waals surface area contributed by atoms with Crippen molar-refractivity contribution in [2.75, 3.05) is 7.11 Å². The number of aromatic carboxylic acids is 1. The molecule has 0 aliphatic heterocycles. The highest BCUT2D eigenvalue weighted by Gasteiger charge is 2.19. The third kappa shape index (κ3) is 2.45. The van der Waals surface area contributed by atoms with Crippen LogP contribution in [0, 0.1) is 6.92 Å². The zero-order chi connectivity index (χ0) is 12.3. The van der Waals surface area contributed by atoms with Gasteiger partial charge in [0.1, 0.15) is 5.56 Å². The summed E-state index contributed by atoms with van der Waals surface area (Å²) in [6, 6.07) is 3.43. The summed E-state index contributed by atoms with van der Waals surface area (Å²) in [5.74, 6) is -0.273. The molecular weight excluding hydrogens is 208 g/mol. The predicted molar refractivity (Wildman–Crippen MR) is 60.5 cm³/mol. The number of ether oxygens (including phenoxy) is 2. The lowest BCUT2D eigenvalue weighted by atomic mass is 10.1. The average Bonchev–Trinajstić information content (AvgIpc) is 2.18. The van der Waals surface area contributed by atoms with Crippen LogP contribution in [0.5, 0.6) is 11.5 Å². The summed E-state index contributed by atoms with van der Waals surface area (Å²) in [4.78, 5) is 11.1. The van der Waals surface area contributed by atoms with Crippen LogP contribution in [0.4, 0.5) is 0 Å². The zero-order valence-electron chi connectivity index (χ0n) is 9.90. The van der Waals surface area contributed by atoms with E-state index in [-0.39, 0.29) is 17.4 Å². The first-order valence-electron chi connectivity index (χ1n) is 5.05. The molecule has 0 atom stereocenters. The fourth-order valence-corrected chi connectivity index (χ4v) is 1.48. The van der Waals surface area contributed by atoms with E-state index in [1.54, 1.807) is 19.1 Å². The Morgan fingerprint density at radius 1 is 1.38 bits per heavy atom. The van der Waals surface area contributed by atoms with Gasteiger partial charge in [0, 0.05) is 0 Å². The van der Waals surface area contributed by atoms with Gasteiger partial charge in [-0.25, -0.2) is 4.79 Å². The van der Waals surface area contributed by atoms with Crippen molar-refractivity contribution in [2.45, 2.75) is 26.9 Å². The summed E-state index contributed by atoms with van der Waals surface area (Å²) in [6.07, 6.45) is -0.0294. The Morgan fingerprint density at radius 3 is 2.44 bits per heavy atom. The fourth-order valence-electron chi connectivity index (χ4n) is 1.48. The lowest BCUT2D eigenvalue weighted by Crippen LogP contribution is -2.10. The van der Waals surface area contributed by atoms with E-state index < -0.39 is 5.97 Å². The molecule has 0 bridgehead atoms. The van der Waals surface area contributed by atoms with Crippen LogP contribution in [-0.2, 0) is 0 Å². The molecule has 1 aromatic carbocycles. The number of methoxy groups -OCH3 is 1. The highest BCUT2D eigenvalue weighted by atomic mass is 16.5. The zero-order valence-corrected chi connectivity index (χ0v) is 9.90. The van der Waals surface area contributed by atoms with Crippen LogP contribution < -0.4 is 9.47 Å². The van der Waals surface area contributed by atoms with Crippen molar-refractivity contribution in [1.82, 2.24) is 0 Å². The van der Waals surface area contributed by atoms with Crippen molar-refractivity contribution in [3.8, 4) is 11.5 Å². The summed E-state index contributed by atoms with van der Waals surface area (Å²) in [5, 5.41) is 9.10. The minimum Gasteiger partial charge on any atom is -0.492 e. The Morgan fingerprint density at radius 2 is 2.00 bits per heavy atom. The van der Waals surface area contributed by atoms with Crippen molar-refractivity contribution >= 4 is 5.97 Å². The van der Waals surface area contributed by atoms with Crippen molar-refractivity contribution in [3.05, 3.63) is 23.3 Å². The summed E-state index contributed by atoms with van der Waals surface area (Å²) in [7, 11) is 1.44. The second-order valence-corrected chi connectivity index (χ2v) is 3.76. The van der Waals surface area contributed by atoms with Crippen LogP contribution in [0.15, 0.2) is 12.1 Å². The van der Waals surface area contributed by atoms with Gasteiger partial charge in [0.25, 0.3) is 0 Å². The van der Waals surface area contributed by atoms with Gasteiger partial charge in [-0.3, -0.25) is 0 Å². The second-order valence-electron chi connectivity index (χ2n) is 3.76. The Bertz CT molecular complexity index is 396. The minimum absolute atomic E-state index is 0.0294. The molecule has 0 spiro atoms. The van der Waals surface area contributed by atoms with E-state index >= 15 is 0 Å². The molecule has 0 aromatic heterocycles. The largest absolute Gasteiger partial charge is 0.492 e. The van der Waals surface area contributed by atoms with Gasteiger partial charge in [0.15, 0.2) is 11.5 Å². The number of aryl methyl sites for hydroxylation is 1. The van der Waals surface area contributed by atoms with E-state index in [1.165, 1.54) is 7.11 Å². The number of carboxylic acid groups (broad SMARTS) is 1. The molecule has 0 radical (unpaired) electrons. The summed E-state index contributed by atoms with van der Waals surface area (Å²) >= 11 is 0. The third-order valence-corrected chi connectivity index (χ3v) is 2.11. The van der Waals surface area contributed by atoms with Crippen LogP contribution in [-0.4, -0.2) is 24.3 Å². The highest BCUT2D eigenvalue weighted by molar-refractivity contribution is 5.93. The maximum atomic E-state index is 11.1. The molecule has 1 aromatic rings. The molecule has 0 amide bonds. The van der Waals surface area contributed by atoms with Gasteiger partial charge in [0.2, 0.25) is 0 Å². The van der Waals surface area contributed by atoms with E-state index in [0.717, 1.165) is 0 Å². The number of rotatable bonds is 4. The second kappa shape index (κ2) is 4.88. The minimum atomic E-state index is -1.01. The number of hydrogen-bond acceptors (Lipinski definition) is 3. The highest BCUT2D eigenvalue weighted by Crippen LogP contribution is 2.34. The van der Waals surface area contributed by atoms with Gasteiger partial charge in [0.05, 0.1) is 13.2 Å². The molecule has 0 unspecified atom stereocenters. The number of carbonyl (C=O) groups is 1. The number of carboxylic acids is 1. The van der Waals surface area contributed by atoms with Crippen LogP contribution >= 0.6 is 0 Å². The molecule has 4 heteroatoms. The first kappa shape index (κ1) is 12.4. The maximum Gasteiger partial charge on any atom is 0.339 e.